The SMILES string of the molecule is CC(/C=C/C=C\c1cc(C(F)(F)F)cc(C(F)(F)F)c1)=C\C(=O)Nc1ccc(O)cc1. The quantitative estimate of drug-likeness (QED) is 0.238. The van der Waals surface area contributed by atoms with E-state index in [1.807, 2.05) is 0 Å². The van der Waals surface area contributed by atoms with Crippen molar-refractivity contribution in [2.24, 2.45) is 0 Å². The van der Waals surface area contributed by atoms with Gasteiger partial charge in [0.25, 0.3) is 0 Å². The molecule has 1 amide bonds. The summed E-state index contributed by atoms with van der Waals surface area (Å²) in [5, 5.41) is 11.8. The molecule has 0 aliphatic carbocycles. The minimum Gasteiger partial charge on any atom is -0.508 e. The Morgan fingerprint density at radius 3 is 1.97 bits per heavy atom. The number of benzene rings is 2. The number of halogens is 6. The summed E-state index contributed by atoms with van der Waals surface area (Å²) in [6.07, 6.45) is -3.36. The molecule has 0 aromatic heterocycles. The number of allylic oxidation sites excluding steroid dienone is 4. The van der Waals surface area contributed by atoms with Gasteiger partial charge >= 0.3 is 12.4 Å². The molecule has 0 saturated heterocycles. The van der Waals surface area contributed by atoms with Crippen molar-refractivity contribution in [1.82, 2.24) is 0 Å². The van der Waals surface area contributed by atoms with E-state index in [0.29, 0.717) is 23.4 Å². The zero-order valence-corrected chi connectivity index (χ0v) is 16.1. The third-order valence-corrected chi connectivity index (χ3v) is 3.86. The zero-order chi connectivity index (χ0) is 23.2. The fraction of sp³-hybridized carbons (Fsp3) is 0.136. The number of anilines is 1. The molecule has 0 aliphatic heterocycles. The zero-order valence-electron chi connectivity index (χ0n) is 16.1. The lowest BCUT2D eigenvalue weighted by atomic mass is 10.0. The van der Waals surface area contributed by atoms with Crippen molar-refractivity contribution in [3.8, 4) is 5.75 Å². The molecule has 0 saturated carbocycles. The molecule has 2 aromatic carbocycles. The van der Waals surface area contributed by atoms with Crippen molar-refractivity contribution in [3.63, 3.8) is 0 Å². The van der Waals surface area contributed by atoms with Gasteiger partial charge in [0.05, 0.1) is 11.1 Å². The molecule has 0 unspecified atom stereocenters. The molecule has 0 aliphatic rings. The van der Waals surface area contributed by atoms with Crippen LogP contribution in [0.1, 0.15) is 23.6 Å². The Kier molecular flexibility index (Phi) is 7.32. The lowest BCUT2D eigenvalue weighted by molar-refractivity contribution is -0.143. The maximum atomic E-state index is 12.9. The molecule has 0 heterocycles. The normalized spacial score (nSPS) is 13.2. The van der Waals surface area contributed by atoms with Gasteiger partial charge in [-0.15, -0.1) is 0 Å². The van der Waals surface area contributed by atoms with E-state index in [-0.39, 0.29) is 17.4 Å². The monoisotopic (exact) mass is 441 g/mol. The molecular formula is C22H17F6NO2. The minimum absolute atomic E-state index is 0.0440. The fourth-order valence-electron chi connectivity index (χ4n) is 2.43. The number of phenolic OH excluding ortho intramolecular Hbond substituents is 1. The van der Waals surface area contributed by atoms with Crippen molar-refractivity contribution in [3.05, 3.63) is 89.0 Å². The van der Waals surface area contributed by atoms with Gasteiger partial charge in [0, 0.05) is 11.8 Å². The van der Waals surface area contributed by atoms with E-state index in [1.54, 1.807) is 6.92 Å². The number of nitrogens with one attached hydrogen (secondary N) is 1. The van der Waals surface area contributed by atoms with Gasteiger partial charge in [0.15, 0.2) is 0 Å². The van der Waals surface area contributed by atoms with Gasteiger partial charge in [-0.2, -0.15) is 26.3 Å². The lowest BCUT2D eigenvalue weighted by Crippen LogP contribution is -2.11. The van der Waals surface area contributed by atoms with Crippen LogP contribution in [-0.2, 0) is 17.1 Å². The number of phenols is 1. The van der Waals surface area contributed by atoms with Crippen molar-refractivity contribution >= 4 is 17.7 Å². The number of aromatic hydroxyl groups is 1. The van der Waals surface area contributed by atoms with Crippen molar-refractivity contribution < 1.29 is 36.2 Å². The van der Waals surface area contributed by atoms with Gasteiger partial charge < -0.3 is 10.4 Å². The van der Waals surface area contributed by atoms with Crippen LogP contribution >= 0.6 is 0 Å². The summed E-state index contributed by atoms with van der Waals surface area (Å²) in [5.74, 6) is -0.410. The largest absolute Gasteiger partial charge is 0.508 e. The summed E-state index contributed by atoms with van der Waals surface area (Å²) in [6, 6.07) is 7.09. The van der Waals surface area contributed by atoms with Crippen molar-refractivity contribution in [1.29, 1.82) is 0 Å². The number of carbonyl (C=O) groups is 1. The Labute approximate surface area is 174 Å². The summed E-state index contributed by atoms with van der Waals surface area (Å²) in [5.41, 5.74) is -2.11. The topological polar surface area (TPSA) is 49.3 Å². The third-order valence-electron chi connectivity index (χ3n) is 3.86. The second kappa shape index (κ2) is 9.55. The maximum Gasteiger partial charge on any atom is 0.416 e. The first kappa shape index (κ1) is 23.8. The molecular weight excluding hydrogens is 424 g/mol. The van der Waals surface area contributed by atoms with Crippen LogP contribution in [0, 0.1) is 0 Å². The van der Waals surface area contributed by atoms with E-state index in [9.17, 15) is 36.2 Å². The molecule has 0 bridgehead atoms. The summed E-state index contributed by atoms with van der Waals surface area (Å²) in [6.45, 7) is 1.59. The Balaban J connectivity index is 2.10. The summed E-state index contributed by atoms with van der Waals surface area (Å²) < 4.78 is 77.2. The highest BCUT2D eigenvalue weighted by Gasteiger charge is 2.36. The number of rotatable bonds is 5. The van der Waals surface area contributed by atoms with Crippen molar-refractivity contribution in [2.75, 3.05) is 5.32 Å². The van der Waals surface area contributed by atoms with Crippen molar-refractivity contribution in [2.45, 2.75) is 19.3 Å². The Bertz CT molecular complexity index is 984. The summed E-state index contributed by atoms with van der Waals surface area (Å²) >= 11 is 0. The van der Waals surface area contributed by atoms with E-state index < -0.39 is 29.4 Å². The number of alkyl halides is 6. The van der Waals surface area contributed by atoms with Crippen LogP contribution in [0.4, 0.5) is 32.0 Å². The smallest absolute Gasteiger partial charge is 0.416 e. The van der Waals surface area contributed by atoms with E-state index in [2.05, 4.69) is 5.32 Å². The highest BCUT2D eigenvalue weighted by Crippen LogP contribution is 2.36. The van der Waals surface area contributed by atoms with Gasteiger partial charge in [0.1, 0.15) is 5.75 Å². The third kappa shape index (κ3) is 7.69. The van der Waals surface area contributed by atoms with Gasteiger partial charge in [-0.3, -0.25) is 4.79 Å². The predicted octanol–water partition coefficient (Wildman–Crippen LogP) is 6.58. The number of carbonyl (C=O) groups excluding carboxylic acids is 1. The van der Waals surface area contributed by atoms with Crippen LogP contribution in [0.3, 0.4) is 0 Å². The van der Waals surface area contributed by atoms with Gasteiger partial charge in [0.2, 0.25) is 5.91 Å². The molecule has 31 heavy (non-hydrogen) atoms. The molecule has 0 spiro atoms. The number of amides is 1. The molecule has 0 fully saturated rings. The Morgan fingerprint density at radius 1 is 0.903 bits per heavy atom. The van der Waals surface area contributed by atoms with E-state index in [4.69, 9.17) is 0 Å². The van der Waals surface area contributed by atoms with Gasteiger partial charge in [-0.05, 0) is 60.5 Å². The first-order valence-electron chi connectivity index (χ1n) is 8.77. The fourth-order valence-corrected chi connectivity index (χ4v) is 2.43. The summed E-state index contributed by atoms with van der Waals surface area (Å²) in [4.78, 5) is 11.9. The molecule has 0 radical (unpaired) electrons. The second-order valence-electron chi connectivity index (χ2n) is 6.48. The average Bonchev–Trinajstić information content (AvgIpc) is 2.65. The first-order chi connectivity index (χ1) is 14.3. The highest BCUT2D eigenvalue weighted by molar-refractivity contribution is 6.00. The van der Waals surface area contributed by atoms with Crippen LogP contribution < -0.4 is 5.32 Å². The van der Waals surface area contributed by atoms with Crippen LogP contribution in [0.15, 0.2) is 72.3 Å². The van der Waals surface area contributed by atoms with Gasteiger partial charge in [-0.25, -0.2) is 0 Å². The van der Waals surface area contributed by atoms with Crippen LogP contribution in [-0.4, -0.2) is 11.0 Å². The van der Waals surface area contributed by atoms with E-state index >= 15 is 0 Å². The molecule has 2 N–H and O–H groups in total. The summed E-state index contributed by atoms with van der Waals surface area (Å²) in [7, 11) is 0. The molecule has 3 nitrogen and oxygen atoms in total. The van der Waals surface area contributed by atoms with Crippen LogP contribution in [0.25, 0.3) is 6.08 Å². The first-order valence-corrected chi connectivity index (χ1v) is 8.77. The highest BCUT2D eigenvalue weighted by atomic mass is 19.4. The average molecular weight is 441 g/mol. The predicted molar refractivity (Wildman–Crippen MR) is 105 cm³/mol. The molecule has 164 valence electrons. The lowest BCUT2D eigenvalue weighted by Gasteiger charge is -2.12. The van der Waals surface area contributed by atoms with E-state index in [0.717, 1.165) is 6.08 Å². The molecule has 2 aromatic rings. The molecule has 2 rings (SSSR count). The molecule has 9 heteroatoms. The van der Waals surface area contributed by atoms with Crippen LogP contribution in [0.2, 0.25) is 0 Å². The molecule has 0 atom stereocenters. The van der Waals surface area contributed by atoms with Gasteiger partial charge in [-0.1, -0.05) is 24.3 Å². The number of hydrogen-bond donors (Lipinski definition) is 2. The minimum atomic E-state index is -4.91. The standard InChI is InChI=1S/C22H17F6NO2/c1-14(10-20(31)29-18-6-8-19(30)9-7-18)4-2-3-5-15-11-16(21(23,24)25)13-17(12-15)22(26,27)28/h2-13,30H,1H3,(H,29,31)/b4-2+,5-3-,14-10+. The maximum absolute atomic E-state index is 12.9. The Hall–Kier alpha value is -3.49. The van der Waals surface area contributed by atoms with E-state index in [1.165, 1.54) is 48.6 Å². The number of hydrogen-bond acceptors (Lipinski definition) is 2. The Morgan fingerprint density at radius 2 is 1.45 bits per heavy atom. The van der Waals surface area contributed by atoms with Crippen LogP contribution in [0.5, 0.6) is 5.75 Å². The second-order valence-corrected chi connectivity index (χ2v) is 6.48.